The molecule has 1 N–H and O–H groups in total. The molecule has 3 heterocycles. The third-order valence-electron chi connectivity index (χ3n) is 4.24. The molecule has 1 atom stereocenters. The largest absolute Gasteiger partial charge is 0.476 e. The monoisotopic (exact) mass is 363 g/mol. The Morgan fingerprint density at radius 1 is 1.40 bits per heavy atom. The Labute approximate surface area is 149 Å². The zero-order chi connectivity index (χ0) is 17.8. The number of carbonyl (C=O) groups excluding carboxylic acids is 1. The Hall–Kier alpha value is -2.29. The molecule has 9 heteroatoms. The Morgan fingerprint density at radius 3 is 2.96 bits per heavy atom. The van der Waals surface area contributed by atoms with Crippen LogP contribution < -0.4 is 0 Å². The number of carbonyl (C=O) groups is 2. The molecule has 0 aromatic carbocycles. The number of amides is 1. The zero-order valence-corrected chi connectivity index (χ0v) is 14.9. The third-order valence-corrected chi connectivity index (χ3v) is 5.15. The predicted octanol–water partition coefficient (Wildman–Crippen LogP) is 1.94. The van der Waals surface area contributed by atoms with Gasteiger partial charge in [-0.15, -0.1) is 16.4 Å². The van der Waals surface area contributed by atoms with Gasteiger partial charge in [0.2, 0.25) is 0 Å². The molecule has 0 saturated carbocycles. The molecule has 0 unspecified atom stereocenters. The smallest absolute Gasteiger partial charge is 0.358 e. The first kappa shape index (κ1) is 17.5. The summed E-state index contributed by atoms with van der Waals surface area (Å²) >= 11 is 1.54. The molecule has 1 fully saturated rings. The quantitative estimate of drug-likeness (QED) is 0.841. The summed E-state index contributed by atoms with van der Waals surface area (Å²) in [7, 11) is 0. The van der Waals surface area contributed by atoms with Gasteiger partial charge in [-0.1, -0.05) is 12.1 Å². The van der Waals surface area contributed by atoms with Gasteiger partial charge in [-0.05, 0) is 31.6 Å². The topological polar surface area (TPSA) is 101 Å². The average molecular weight is 363 g/mol. The molecule has 0 spiro atoms. The van der Waals surface area contributed by atoms with Crippen LogP contribution in [-0.4, -0.2) is 55.0 Å². The van der Waals surface area contributed by atoms with E-state index in [1.165, 1.54) is 17.5 Å². The molecule has 3 rings (SSSR count). The molecule has 8 nitrogen and oxygen atoms in total. The van der Waals surface area contributed by atoms with E-state index in [4.69, 9.17) is 5.11 Å². The lowest BCUT2D eigenvalue weighted by Gasteiger charge is -2.32. The van der Waals surface area contributed by atoms with Crippen LogP contribution >= 0.6 is 11.3 Å². The van der Waals surface area contributed by atoms with Gasteiger partial charge in [-0.3, -0.25) is 9.48 Å². The van der Waals surface area contributed by atoms with Crippen molar-refractivity contribution in [3.63, 3.8) is 0 Å². The first-order valence-electron chi connectivity index (χ1n) is 8.44. The van der Waals surface area contributed by atoms with Crippen molar-refractivity contribution in [2.45, 2.75) is 39.2 Å². The van der Waals surface area contributed by atoms with E-state index >= 15 is 0 Å². The second-order valence-corrected chi connectivity index (χ2v) is 7.21. The van der Waals surface area contributed by atoms with Crippen molar-refractivity contribution in [3.8, 4) is 0 Å². The lowest BCUT2D eigenvalue weighted by Crippen LogP contribution is -2.41. The van der Waals surface area contributed by atoms with Gasteiger partial charge >= 0.3 is 5.97 Å². The molecule has 25 heavy (non-hydrogen) atoms. The van der Waals surface area contributed by atoms with Gasteiger partial charge in [0.25, 0.3) is 5.91 Å². The summed E-state index contributed by atoms with van der Waals surface area (Å²) in [4.78, 5) is 29.8. The van der Waals surface area contributed by atoms with Crippen molar-refractivity contribution < 1.29 is 14.7 Å². The number of aromatic nitrogens is 4. The number of likely N-dealkylation sites (tertiary alicyclic amines) is 1. The second kappa shape index (κ2) is 7.73. The number of rotatable bonds is 6. The van der Waals surface area contributed by atoms with Crippen molar-refractivity contribution >= 4 is 23.2 Å². The number of aryl methyl sites for hydroxylation is 1. The summed E-state index contributed by atoms with van der Waals surface area (Å²) in [5.41, 5.74) is 0.470. The summed E-state index contributed by atoms with van der Waals surface area (Å²) in [5.74, 6) is -0.874. The third kappa shape index (κ3) is 4.22. The highest BCUT2D eigenvalue weighted by Crippen LogP contribution is 2.21. The van der Waals surface area contributed by atoms with Gasteiger partial charge in [0, 0.05) is 25.0 Å². The van der Waals surface area contributed by atoms with Crippen molar-refractivity contribution in [1.29, 1.82) is 0 Å². The predicted molar refractivity (Wildman–Crippen MR) is 91.7 cm³/mol. The summed E-state index contributed by atoms with van der Waals surface area (Å²) in [6.45, 7) is 4.01. The molecule has 0 radical (unpaired) electrons. The number of hydrogen-bond acceptors (Lipinski definition) is 6. The van der Waals surface area contributed by atoms with Crippen LogP contribution in [-0.2, 0) is 13.0 Å². The van der Waals surface area contributed by atoms with E-state index in [9.17, 15) is 9.59 Å². The Kier molecular flexibility index (Phi) is 5.42. The summed E-state index contributed by atoms with van der Waals surface area (Å²) in [6, 6.07) is 0. The molecule has 2 aromatic heterocycles. The molecule has 1 aliphatic rings. The zero-order valence-electron chi connectivity index (χ0n) is 14.1. The number of carboxylic acids is 1. The minimum absolute atomic E-state index is 0.0203. The molecular weight excluding hydrogens is 342 g/mol. The maximum atomic E-state index is 12.7. The van der Waals surface area contributed by atoms with E-state index in [-0.39, 0.29) is 17.5 Å². The normalized spacial score (nSPS) is 17.6. The summed E-state index contributed by atoms with van der Waals surface area (Å²) in [6.07, 6.45) is 5.25. The van der Waals surface area contributed by atoms with Crippen molar-refractivity contribution in [2.75, 3.05) is 13.1 Å². The number of nitrogens with zero attached hydrogens (tertiary/aromatic N) is 5. The molecular formula is C16H21N5O3S. The molecule has 1 saturated heterocycles. The van der Waals surface area contributed by atoms with Crippen molar-refractivity contribution in [3.05, 3.63) is 28.0 Å². The van der Waals surface area contributed by atoms with Gasteiger partial charge in [0.15, 0.2) is 5.69 Å². The average Bonchev–Trinajstić information content (AvgIpc) is 3.24. The number of carboxylic acid groups (broad SMARTS) is 1. The number of hydrogen-bond donors (Lipinski definition) is 1. The fourth-order valence-corrected chi connectivity index (χ4v) is 3.92. The number of aromatic carboxylic acids is 1. The maximum absolute atomic E-state index is 12.7. The second-order valence-electron chi connectivity index (χ2n) is 6.27. The highest BCUT2D eigenvalue weighted by molar-refractivity contribution is 7.09. The van der Waals surface area contributed by atoms with Crippen LogP contribution in [0.25, 0.3) is 0 Å². The highest BCUT2D eigenvalue weighted by Gasteiger charge is 2.26. The minimum Gasteiger partial charge on any atom is -0.476 e. The summed E-state index contributed by atoms with van der Waals surface area (Å²) < 4.78 is 1.55. The number of thiazole rings is 1. The van der Waals surface area contributed by atoms with E-state index in [1.807, 2.05) is 10.3 Å². The standard InChI is InChI=1S/C16H21N5O3S/c1-2-4-14-17-13(10-25-14)15(22)20-6-3-5-11(7-20)8-21-9-12(16(23)24)18-19-21/h9-11H,2-8H2,1H3,(H,23,24)/t11-/m1/s1. The van der Waals surface area contributed by atoms with Crippen molar-refractivity contribution in [1.82, 2.24) is 24.9 Å². The van der Waals surface area contributed by atoms with Crippen LogP contribution in [0.3, 0.4) is 0 Å². The van der Waals surface area contributed by atoms with Crippen molar-refractivity contribution in [2.24, 2.45) is 5.92 Å². The Bertz CT molecular complexity index is 757. The maximum Gasteiger partial charge on any atom is 0.358 e. The van der Waals surface area contributed by atoms with E-state index in [0.29, 0.717) is 18.8 Å². The van der Waals surface area contributed by atoms with Gasteiger partial charge < -0.3 is 10.0 Å². The fraction of sp³-hybridized carbons (Fsp3) is 0.562. The first-order valence-corrected chi connectivity index (χ1v) is 9.32. The van der Waals surface area contributed by atoms with E-state index in [2.05, 4.69) is 22.2 Å². The molecule has 2 aromatic rings. The van der Waals surface area contributed by atoms with Gasteiger partial charge in [-0.2, -0.15) is 0 Å². The van der Waals surface area contributed by atoms with Crippen LogP contribution in [0.4, 0.5) is 0 Å². The fourth-order valence-electron chi connectivity index (χ4n) is 3.05. The summed E-state index contributed by atoms with van der Waals surface area (Å²) in [5, 5.41) is 19.2. The van der Waals surface area contributed by atoms with Gasteiger partial charge in [0.05, 0.1) is 11.2 Å². The molecule has 134 valence electrons. The van der Waals surface area contributed by atoms with Crippen LogP contribution in [0.1, 0.15) is 52.2 Å². The van der Waals surface area contributed by atoms with E-state index < -0.39 is 5.97 Å². The van der Waals surface area contributed by atoms with E-state index in [0.717, 1.165) is 37.2 Å². The van der Waals surface area contributed by atoms with Gasteiger partial charge in [0.1, 0.15) is 5.69 Å². The first-order chi connectivity index (χ1) is 12.1. The lowest BCUT2D eigenvalue weighted by atomic mass is 9.98. The van der Waals surface area contributed by atoms with E-state index in [1.54, 1.807) is 4.68 Å². The lowest BCUT2D eigenvalue weighted by molar-refractivity contribution is 0.0653. The van der Waals surface area contributed by atoms with Crippen LogP contribution in [0, 0.1) is 5.92 Å². The molecule has 0 aliphatic carbocycles. The molecule has 0 bridgehead atoms. The minimum atomic E-state index is -1.09. The number of piperidine rings is 1. The SMILES string of the molecule is CCCc1nc(C(=O)N2CCC[C@@H](Cn3cc(C(=O)O)nn3)C2)cs1. The van der Waals surface area contributed by atoms with Crippen LogP contribution in [0.2, 0.25) is 0 Å². The van der Waals surface area contributed by atoms with Crippen LogP contribution in [0.5, 0.6) is 0 Å². The molecule has 1 aliphatic heterocycles. The van der Waals surface area contributed by atoms with Crippen LogP contribution in [0.15, 0.2) is 11.6 Å². The highest BCUT2D eigenvalue weighted by atomic mass is 32.1. The van der Waals surface area contributed by atoms with Gasteiger partial charge in [-0.25, -0.2) is 9.78 Å². The molecule has 1 amide bonds. The Balaban J connectivity index is 1.61. The Morgan fingerprint density at radius 2 is 2.24 bits per heavy atom.